The van der Waals surface area contributed by atoms with E-state index in [1.165, 1.54) is 28.7 Å². The van der Waals surface area contributed by atoms with Crippen LogP contribution < -0.4 is 10.1 Å². The molecule has 0 fully saturated rings. The summed E-state index contributed by atoms with van der Waals surface area (Å²) in [5, 5.41) is 15.5. The molecule has 0 saturated heterocycles. The van der Waals surface area contributed by atoms with Gasteiger partial charge in [-0.15, -0.1) is 21.5 Å². The topological polar surface area (TPSA) is 81.9 Å². The molecule has 9 heteroatoms. The quantitative estimate of drug-likeness (QED) is 0.189. The largest absolute Gasteiger partial charge is 0.497 e. The number of hydrogen-bond acceptors (Lipinski definition) is 7. The van der Waals surface area contributed by atoms with E-state index >= 15 is 0 Å². The van der Waals surface area contributed by atoms with Gasteiger partial charge in [-0.25, -0.2) is 4.98 Å². The minimum Gasteiger partial charge on any atom is -0.497 e. The fourth-order valence-electron chi connectivity index (χ4n) is 4.13. The Kier molecular flexibility index (Phi) is 8.70. The van der Waals surface area contributed by atoms with Crippen molar-refractivity contribution in [3.8, 4) is 22.8 Å². The Balaban J connectivity index is 1.26. The predicted octanol–water partition coefficient (Wildman–Crippen LogP) is 6.44. The molecule has 5 rings (SSSR count). The number of aryl methyl sites for hydroxylation is 1. The van der Waals surface area contributed by atoms with Gasteiger partial charge in [0.1, 0.15) is 16.5 Å². The SMILES string of the molecule is COc1cccc(-c2nnc(SCc3nc(C(=O)N[C@H](C)CCc4ccccc4)cs3)n2-c2ccccc2)c1. The molecule has 3 aromatic carbocycles. The summed E-state index contributed by atoms with van der Waals surface area (Å²) < 4.78 is 7.45. The van der Waals surface area contributed by atoms with Crippen molar-refractivity contribution in [3.63, 3.8) is 0 Å². The lowest BCUT2D eigenvalue weighted by Gasteiger charge is -2.13. The maximum Gasteiger partial charge on any atom is 0.270 e. The van der Waals surface area contributed by atoms with Crippen LogP contribution in [0.4, 0.5) is 0 Å². The molecule has 1 amide bonds. The van der Waals surface area contributed by atoms with Crippen LogP contribution in [-0.2, 0) is 12.2 Å². The molecule has 0 bridgehead atoms. The zero-order valence-electron chi connectivity index (χ0n) is 21.8. The van der Waals surface area contributed by atoms with Crippen molar-refractivity contribution in [2.45, 2.75) is 36.7 Å². The number of nitrogens with zero attached hydrogens (tertiary/aromatic N) is 4. The molecule has 2 heterocycles. The van der Waals surface area contributed by atoms with Crippen molar-refractivity contribution in [2.75, 3.05) is 7.11 Å². The summed E-state index contributed by atoms with van der Waals surface area (Å²) in [6, 6.07) is 28.2. The lowest BCUT2D eigenvalue weighted by molar-refractivity contribution is 0.0934. The van der Waals surface area contributed by atoms with Gasteiger partial charge in [0, 0.05) is 22.7 Å². The molecule has 2 aromatic heterocycles. The monoisotopic (exact) mass is 555 g/mol. The fraction of sp³-hybridized carbons (Fsp3) is 0.200. The normalized spacial score (nSPS) is 11.7. The first-order chi connectivity index (χ1) is 19.1. The molecule has 0 radical (unpaired) electrons. The first-order valence-corrected chi connectivity index (χ1v) is 14.5. The Hall–Kier alpha value is -3.95. The molecule has 0 aliphatic carbocycles. The fourth-order valence-corrected chi connectivity index (χ4v) is 5.87. The Labute approximate surface area is 236 Å². The van der Waals surface area contributed by atoms with E-state index in [4.69, 9.17) is 4.74 Å². The van der Waals surface area contributed by atoms with Crippen LogP contribution in [0.25, 0.3) is 17.1 Å². The van der Waals surface area contributed by atoms with Gasteiger partial charge in [0.05, 0.1) is 12.9 Å². The molecule has 7 nitrogen and oxygen atoms in total. The minimum atomic E-state index is -0.143. The van der Waals surface area contributed by atoms with E-state index in [2.05, 4.69) is 32.6 Å². The lowest BCUT2D eigenvalue weighted by atomic mass is 10.1. The van der Waals surface area contributed by atoms with Gasteiger partial charge in [-0.3, -0.25) is 9.36 Å². The van der Waals surface area contributed by atoms with Crippen molar-refractivity contribution in [1.82, 2.24) is 25.1 Å². The summed E-state index contributed by atoms with van der Waals surface area (Å²) in [5.74, 6) is 1.92. The summed E-state index contributed by atoms with van der Waals surface area (Å²) >= 11 is 3.02. The number of thiazole rings is 1. The zero-order chi connectivity index (χ0) is 27.0. The molecule has 0 unspecified atom stereocenters. The van der Waals surface area contributed by atoms with Gasteiger partial charge in [-0.2, -0.15) is 0 Å². The number of nitrogens with one attached hydrogen (secondary N) is 1. The molecule has 5 aromatic rings. The second-order valence-electron chi connectivity index (χ2n) is 9.02. The maximum atomic E-state index is 12.8. The lowest BCUT2D eigenvalue weighted by Crippen LogP contribution is -2.33. The Bertz CT molecular complexity index is 1520. The van der Waals surface area contributed by atoms with Crippen LogP contribution in [0.2, 0.25) is 0 Å². The van der Waals surface area contributed by atoms with E-state index < -0.39 is 0 Å². The number of carbonyl (C=O) groups is 1. The number of thioether (sulfide) groups is 1. The van der Waals surface area contributed by atoms with Gasteiger partial charge in [0.15, 0.2) is 11.0 Å². The van der Waals surface area contributed by atoms with Crippen molar-refractivity contribution in [3.05, 3.63) is 107 Å². The molecule has 0 spiro atoms. The highest BCUT2D eigenvalue weighted by atomic mass is 32.2. The van der Waals surface area contributed by atoms with E-state index in [0.29, 0.717) is 11.4 Å². The minimum absolute atomic E-state index is 0.0525. The third-order valence-corrected chi connectivity index (χ3v) is 8.14. The number of aromatic nitrogens is 4. The number of hydrogen-bond donors (Lipinski definition) is 1. The van der Waals surface area contributed by atoms with Crippen molar-refractivity contribution < 1.29 is 9.53 Å². The van der Waals surface area contributed by atoms with E-state index in [1.54, 1.807) is 7.11 Å². The van der Waals surface area contributed by atoms with Crippen LogP contribution in [0.3, 0.4) is 0 Å². The van der Waals surface area contributed by atoms with E-state index in [-0.39, 0.29) is 11.9 Å². The summed E-state index contributed by atoms with van der Waals surface area (Å²) in [5.41, 5.74) is 3.59. The molecule has 0 aliphatic heterocycles. The Morgan fingerprint density at radius 1 is 1.03 bits per heavy atom. The first kappa shape index (κ1) is 26.6. The van der Waals surface area contributed by atoms with Crippen LogP contribution in [0.15, 0.2) is 95.5 Å². The summed E-state index contributed by atoms with van der Waals surface area (Å²) in [6.45, 7) is 2.03. The predicted molar refractivity (Wildman–Crippen MR) is 157 cm³/mol. The average Bonchev–Trinajstić information content (AvgIpc) is 3.63. The number of carbonyl (C=O) groups excluding carboxylic acids is 1. The molecule has 1 atom stereocenters. The summed E-state index contributed by atoms with van der Waals surface area (Å²) in [6.07, 6.45) is 1.79. The van der Waals surface area contributed by atoms with Gasteiger partial charge < -0.3 is 10.1 Å². The van der Waals surface area contributed by atoms with Crippen LogP contribution in [-0.4, -0.2) is 38.8 Å². The van der Waals surface area contributed by atoms with E-state index in [9.17, 15) is 4.79 Å². The van der Waals surface area contributed by atoms with Gasteiger partial charge in [-0.05, 0) is 49.6 Å². The highest BCUT2D eigenvalue weighted by Gasteiger charge is 2.18. The van der Waals surface area contributed by atoms with Crippen molar-refractivity contribution in [2.24, 2.45) is 0 Å². The van der Waals surface area contributed by atoms with Gasteiger partial charge >= 0.3 is 0 Å². The number of ether oxygens (including phenoxy) is 1. The Morgan fingerprint density at radius 2 is 1.79 bits per heavy atom. The highest BCUT2D eigenvalue weighted by Crippen LogP contribution is 2.31. The number of para-hydroxylation sites is 1. The van der Waals surface area contributed by atoms with E-state index in [0.717, 1.165) is 45.8 Å². The van der Waals surface area contributed by atoms with Gasteiger partial charge in [-0.1, -0.05) is 72.4 Å². The maximum absolute atomic E-state index is 12.8. The molecule has 39 heavy (non-hydrogen) atoms. The van der Waals surface area contributed by atoms with Crippen LogP contribution >= 0.6 is 23.1 Å². The van der Waals surface area contributed by atoms with Crippen molar-refractivity contribution >= 4 is 29.0 Å². The number of amides is 1. The highest BCUT2D eigenvalue weighted by molar-refractivity contribution is 7.98. The third-order valence-electron chi connectivity index (χ3n) is 6.17. The molecular weight excluding hydrogens is 526 g/mol. The molecule has 0 aliphatic rings. The summed E-state index contributed by atoms with van der Waals surface area (Å²) in [7, 11) is 1.65. The third kappa shape index (κ3) is 6.74. The second kappa shape index (κ2) is 12.7. The average molecular weight is 556 g/mol. The Morgan fingerprint density at radius 3 is 2.56 bits per heavy atom. The molecular formula is C30H29N5O2S2. The number of methoxy groups -OCH3 is 1. The molecule has 0 saturated carbocycles. The van der Waals surface area contributed by atoms with Crippen LogP contribution in [0.1, 0.15) is 34.4 Å². The standard InChI is InChI=1S/C30H29N5O2S2/c1-21(16-17-22-10-5-3-6-11-22)31-29(36)26-19-38-27(32-26)20-39-30-34-33-28(23-12-9-15-25(18-23)37-2)35(30)24-13-7-4-8-14-24/h3-15,18-19,21H,16-17,20H2,1-2H3,(H,31,36)/t21-/m1/s1. The molecule has 198 valence electrons. The van der Waals surface area contributed by atoms with Crippen LogP contribution in [0.5, 0.6) is 5.75 Å². The van der Waals surface area contributed by atoms with E-state index in [1.807, 2.05) is 89.7 Å². The number of rotatable bonds is 11. The summed E-state index contributed by atoms with van der Waals surface area (Å²) in [4.78, 5) is 17.4. The van der Waals surface area contributed by atoms with Gasteiger partial charge in [0.25, 0.3) is 5.91 Å². The number of benzene rings is 3. The zero-order valence-corrected chi connectivity index (χ0v) is 23.4. The van der Waals surface area contributed by atoms with Gasteiger partial charge in [0.2, 0.25) is 0 Å². The van der Waals surface area contributed by atoms with Crippen molar-refractivity contribution in [1.29, 1.82) is 0 Å². The second-order valence-corrected chi connectivity index (χ2v) is 10.9. The molecule has 1 N–H and O–H groups in total. The smallest absolute Gasteiger partial charge is 0.270 e. The first-order valence-electron chi connectivity index (χ1n) is 12.7. The van der Waals surface area contributed by atoms with Crippen LogP contribution in [0, 0.1) is 0 Å².